The summed E-state index contributed by atoms with van der Waals surface area (Å²) >= 11 is 11.6. The molecular weight excluding hydrogens is 460 g/mol. The molecule has 0 fully saturated rings. The molecule has 0 saturated carbocycles. The average molecular weight is 476 g/mol. The zero-order chi connectivity index (χ0) is 19.3. The van der Waals surface area contributed by atoms with Crippen LogP contribution < -0.4 is 9.47 Å². The van der Waals surface area contributed by atoms with Crippen molar-refractivity contribution >= 4 is 44.6 Å². The lowest BCUT2D eigenvalue weighted by Crippen LogP contribution is -2.33. The van der Waals surface area contributed by atoms with E-state index in [1.807, 2.05) is 36.4 Å². The minimum Gasteiger partial charge on any atom is -0.496 e. The molecule has 5 rings (SSSR count). The van der Waals surface area contributed by atoms with Gasteiger partial charge >= 0.3 is 0 Å². The highest BCUT2D eigenvalue weighted by molar-refractivity contribution is 9.10. The number of rotatable bonds is 3. The van der Waals surface area contributed by atoms with Crippen molar-refractivity contribution in [1.82, 2.24) is 5.01 Å². The summed E-state index contributed by atoms with van der Waals surface area (Å²) in [6.07, 6.45) is 0.503. The first-order valence-electron chi connectivity index (χ1n) is 8.83. The van der Waals surface area contributed by atoms with Gasteiger partial charge in [-0.05, 0) is 63.8 Å². The Kier molecular flexibility index (Phi) is 4.57. The maximum absolute atomic E-state index is 6.38. The van der Waals surface area contributed by atoms with Gasteiger partial charge in [-0.2, -0.15) is 5.10 Å². The summed E-state index contributed by atoms with van der Waals surface area (Å²) in [5, 5.41) is 9.80. The molecule has 0 spiro atoms. The summed E-state index contributed by atoms with van der Waals surface area (Å²) in [5.74, 6) is 1.64. The number of methoxy groups -OCH3 is 1. The van der Waals surface area contributed by atoms with Gasteiger partial charge in [-0.25, -0.2) is 5.01 Å². The molecule has 3 heterocycles. The fourth-order valence-corrected chi connectivity index (χ4v) is 5.17. The Morgan fingerprint density at radius 3 is 2.89 bits per heavy atom. The Bertz CT molecular complexity index is 1070. The normalized spacial score (nSPS) is 20.2. The van der Waals surface area contributed by atoms with Crippen molar-refractivity contribution in [2.75, 3.05) is 7.11 Å². The predicted octanol–water partition coefficient (Wildman–Crippen LogP) is 6.41. The smallest absolute Gasteiger partial charge is 0.213 e. The first kappa shape index (κ1) is 18.0. The van der Waals surface area contributed by atoms with E-state index in [4.69, 9.17) is 26.2 Å². The van der Waals surface area contributed by atoms with Gasteiger partial charge in [0.05, 0.1) is 28.2 Å². The van der Waals surface area contributed by atoms with Crippen molar-refractivity contribution < 1.29 is 9.47 Å². The molecule has 2 aliphatic heterocycles. The molecule has 28 heavy (non-hydrogen) atoms. The number of nitrogens with zero attached hydrogens (tertiary/aromatic N) is 2. The fourth-order valence-electron chi connectivity index (χ4n) is 3.71. The maximum Gasteiger partial charge on any atom is 0.213 e. The summed E-state index contributed by atoms with van der Waals surface area (Å²) in [4.78, 5) is 1.19. The third-order valence-corrected chi connectivity index (χ3v) is 6.79. The summed E-state index contributed by atoms with van der Waals surface area (Å²) in [7, 11) is 1.66. The van der Waals surface area contributed by atoms with E-state index in [2.05, 4.69) is 38.5 Å². The zero-order valence-corrected chi connectivity index (χ0v) is 18.1. The Balaban J connectivity index is 1.60. The number of fused-ring (bicyclic) bond motifs is 3. The molecule has 2 aliphatic rings. The van der Waals surface area contributed by atoms with E-state index in [1.165, 1.54) is 4.88 Å². The van der Waals surface area contributed by atoms with E-state index in [1.54, 1.807) is 18.4 Å². The second-order valence-electron chi connectivity index (χ2n) is 6.67. The Morgan fingerprint density at radius 2 is 2.14 bits per heavy atom. The quantitative estimate of drug-likeness (QED) is 0.438. The molecule has 4 nitrogen and oxygen atoms in total. The van der Waals surface area contributed by atoms with E-state index >= 15 is 0 Å². The Hall–Kier alpha value is -2.02. The van der Waals surface area contributed by atoms with E-state index in [9.17, 15) is 0 Å². The molecule has 0 saturated heterocycles. The second kappa shape index (κ2) is 7.10. The number of thiophene rings is 1. The van der Waals surface area contributed by atoms with Crippen LogP contribution in [0.3, 0.4) is 0 Å². The summed E-state index contributed by atoms with van der Waals surface area (Å²) in [6, 6.07) is 16.0. The monoisotopic (exact) mass is 474 g/mol. The molecule has 142 valence electrons. The molecule has 0 aliphatic carbocycles. The minimum atomic E-state index is -0.321. The zero-order valence-electron chi connectivity index (χ0n) is 14.9. The topological polar surface area (TPSA) is 34.1 Å². The lowest BCUT2D eigenvalue weighted by Gasteiger charge is -2.38. The molecule has 0 amide bonds. The number of benzene rings is 2. The predicted molar refractivity (Wildman–Crippen MR) is 116 cm³/mol. The van der Waals surface area contributed by atoms with Crippen LogP contribution in [-0.4, -0.2) is 17.8 Å². The van der Waals surface area contributed by atoms with Crippen LogP contribution in [0.4, 0.5) is 0 Å². The van der Waals surface area contributed by atoms with E-state index in [-0.39, 0.29) is 12.3 Å². The molecule has 2 atom stereocenters. The number of hydrazone groups is 1. The highest BCUT2D eigenvalue weighted by atomic mass is 79.9. The van der Waals surface area contributed by atoms with E-state index < -0.39 is 0 Å². The van der Waals surface area contributed by atoms with Crippen molar-refractivity contribution in [3.05, 3.63) is 79.4 Å². The van der Waals surface area contributed by atoms with Gasteiger partial charge in [0.15, 0.2) is 0 Å². The van der Waals surface area contributed by atoms with Gasteiger partial charge in [-0.1, -0.05) is 17.7 Å². The number of ether oxygens (including phenoxy) is 2. The van der Waals surface area contributed by atoms with Crippen LogP contribution in [0, 0.1) is 0 Å². The van der Waals surface area contributed by atoms with Crippen molar-refractivity contribution in [2.45, 2.75) is 18.7 Å². The largest absolute Gasteiger partial charge is 0.496 e. The SMILES string of the molecule is COc1ccc([C@@H]2Oc3ccc(Cl)cc3[C@@H]3CC(c4cccs4)=NN32)cc1Br. The van der Waals surface area contributed by atoms with Gasteiger partial charge < -0.3 is 9.47 Å². The van der Waals surface area contributed by atoms with Gasteiger partial charge in [0.25, 0.3) is 0 Å². The molecule has 3 aromatic rings. The molecule has 0 N–H and O–H groups in total. The van der Waals surface area contributed by atoms with Crippen LogP contribution in [0.1, 0.15) is 34.7 Å². The number of halogens is 2. The molecule has 2 aromatic carbocycles. The van der Waals surface area contributed by atoms with Crippen LogP contribution in [0.25, 0.3) is 0 Å². The van der Waals surface area contributed by atoms with Crippen molar-refractivity contribution in [3.63, 3.8) is 0 Å². The molecular formula is C21H16BrClN2O2S. The van der Waals surface area contributed by atoms with Crippen molar-refractivity contribution in [1.29, 1.82) is 0 Å². The van der Waals surface area contributed by atoms with Crippen LogP contribution in [-0.2, 0) is 0 Å². The third-order valence-electron chi connectivity index (χ3n) is 5.02. The second-order valence-corrected chi connectivity index (χ2v) is 8.91. The lowest BCUT2D eigenvalue weighted by atomic mass is 9.97. The summed E-state index contributed by atoms with van der Waals surface area (Å²) in [6.45, 7) is 0. The first-order chi connectivity index (χ1) is 13.6. The molecule has 1 aromatic heterocycles. The molecule has 0 unspecified atom stereocenters. The van der Waals surface area contributed by atoms with E-state index in [0.717, 1.165) is 39.2 Å². The highest BCUT2D eigenvalue weighted by Gasteiger charge is 2.41. The van der Waals surface area contributed by atoms with Gasteiger partial charge in [0, 0.05) is 22.6 Å². The summed E-state index contributed by atoms with van der Waals surface area (Å²) in [5.41, 5.74) is 3.16. The Labute approximate surface area is 180 Å². The van der Waals surface area contributed by atoms with Gasteiger partial charge in [-0.15, -0.1) is 11.3 Å². The molecule has 0 bridgehead atoms. The van der Waals surface area contributed by atoms with E-state index in [0.29, 0.717) is 5.02 Å². The van der Waals surface area contributed by atoms with Crippen LogP contribution in [0.5, 0.6) is 11.5 Å². The Morgan fingerprint density at radius 1 is 1.25 bits per heavy atom. The highest BCUT2D eigenvalue weighted by Crippen LogP contribution is 2.48. The standard InChI is InChI=1S/C21H16BrClN2O2S/c1-26-19-6-4-12(9-15(19)22)21-25-17(11-16(24-25)20-3-2-8-28-20)14-10-13(23)5-7-18(14)27-21/h2-10,17,21H,11H2,1H3/t17-,21-/m0/s1. The average Bonchev–Trinajstić information content (AvgIpc) is 3.37. The first-order valence-corrected chi connectivity index (χ1v) is 10.9. The van der Waals surface area contributed by atoms with Crippen LogP contribution in [0.15, 0.2) is 63.5 Å². The van der Waals surface area contributed by atoms with Gasteiger partial charge in [0.1, 0.15) is 11.5 Å². The number of hydrogen-bond acceptors (Lipinski definition) is 5. The van der Waals surface area contributed by atoms with Crippen LogP contribution in [0.2, 0.25) is 5.02 Å². The summed E-state index contributed by atoms with van der Waals surface area (Å²) < 4.78 is 12.6. The molecule has 7 heteroatoms. The van der Waals surface area contributed by atoms with Crippen molar-refractivity contribution in [3.8, 4) is 11.5 Å². The maximum atomic E-state index is 6.38. The lowest BCUT2D eigenvalue weighted by molar-refractivity contribution is -0.0190. The molecule has 0 radical (unpaired) electrons. The van der Waals surface area contributed by atoms with Crippen LogP contribution >= 0.6 is 38.9 Å². The van der Waals surface area contributed by atoms with Gasteiger partial charge in [0.2, 0.25) is 6.23 Å². The number of hydrogen-bond donors (Lipinski definition) is 0. The third kappa shape index (κ3) is 3.00. The minimum absolute atomic E-state index is 0.0884. The van der Waals surface area contributed by atoms with Gasteiger partial charge in [-0.3, -0.25) is 0 Å². The van der Waals surface area contributed by atoms with Crippen molar-refractivity contribution in [2.24, 2.45) is 5.10 Å². The fraction of sp³-hybridized carbons (Fsp3) is 0.190.